The predicted octanol–water partition coefficient (Wildman–Crippen LogP) is 13.3. The minimum atomic E-state index is -0.0615. The molecular formula is C48H37NO. The largest absolute Gasteiger partial charge is 0.456 e. The summed E-state index contributed by atoms with van der Waals surface area (Å²) in [6.07, 6.45) is 0. The van der Waals surface area contributed by atoms with E-state index in [9.17, 15) is 0 Å². The Morgan fingerprint density at radius 3 is 1.52 bits per heavy atom. The van der Waals surface area contributed by atoms with Crippen molar-refractivity contribution in [2.45, 2.75) is 38.5 Å². The van der Waals surface area contributed by atoms with E-state index in [1.807, 2.05) is 6.07 Å². The molecule has 0 saturated carbocycles. The third-order valence-corrected chi connectivity index (χ3v) is 11.5. The number of nitrogens with zero attached hydrogens (tertiary/aromatic N) is 1. The van der Waals surface area contributed by atoms with E-state index in [2.05, 4.69) is 178 Å². The summed E-state index contributed by atoms with van der Waals surface area (Å²) in [5.41, 5.74) is 18.2. The Labute approximate surface area is 293 Å². The van der Waals surface area contributed by atoms with Gasteiger partial charge in [-0.1, -0.05) is 137 Å². The number of fused-ring (bicyclic) bond motifs is 9. The van der Waals surface area contributed by atoms with E-state index in [1.165, 1.54) is 44.5 Å². The molecule has 0 bridgehead atoms. The molecule has 2 heteroatoms. The Morgan fingerprint density at radius 2 is 0.880 bits per heavy atom. The molecule has 0 spiro atoms. The number of hydrogen-bond acceptors (Lipinski definition) is 2. The second-order valence-electron chi connectivity index (χ2n) is 14.9. The van der Waals surface area contributed by atoms with E-state index in [4.69, 9.17) is 4.42 Å². The summed E-state index contributed by atoms with van der Waals surface area (Å²) >= 11 is 0. The molecule has 2 aliphatic carbocycles. The molecule has 1 aromatic heterocycles. The molecule has 0 N–H and O–H groups in total. The molecule has 0 radical (unpaired) electrons. The van der Waals surface area contributed by atoms with Gasteiger partial charge in [-0.05, 0) is 92.5 Å². The van der Waals surface area contributed by atoms with Gasteiger partial charge in [-0.2, -0.15) is 0 Å². The number of benzene rings is 7. The maximum atomic E-state index is 6.38. The van der Waals surface area contributed by atoms with Gasteiger partial charge in [0.25, 0.3) is 0 Å². The first-order chi connectivity index (χ1) is 24.3. The zero-order valence-corrected chi connectivity index (χ0v) is 28.8. The van der Waals surface area contributed by atoms with Crippen molar-refractivity contribution in [3.63, 3.8) is 0 Å². The van der Waals surface area contributed by atoms with Crippen molar-refractivity contribution in [1.82, 2.24) is 0 Å². The predicted molar refractivity (Wildman–Crippen MR) is 209 cm³/mol. The zero-order chi connectivity index (χ0) is 33.8. The highest BCUT2D eigenvalue weighted by atomic mass is 16.3. The van der Waals surface area contributed by atoms with Gasteiger partial charge in [-0.25, -0.2) is 0 Å². The maximum absolute atomic E-state index is 6.38. The first-order valence-corrected chi connectivity index (χ1v) is 17.6. The van der Waals surface area contributed by atoms with Crippen LogP contribution in [0.2, 0.25) is 0 Å². The van der Waals surface area contributed by atoms with Crippen molar-refractivity contribution in [2.75, 3.05) is 4.90 Å². The van der Waals surface area contributed by atoms with E-state index in [1.54, 1.807) is 0 Å². The second-order valence-corrected chi connectivity index (χ2v) is 14.9. The van der Waals surface area contributed by atoms with Crippen LogP contribution in [0.3, 0.4) is 0 Å². The summed E-state index contributed by atoms with van der Waals surface area (Å²) in [6, 6.07) is 55.7. The van der Waals surface area contributed by atoms with Crippen molar-refractivity contribution < 1.29 is 4.42 Å². The van der Waals surface area contributed by atoms with Crippen LogP contribution in [0.15, 0.2) is 156 Å². The first kappa shape index (κ1) is 29.1. The average molecular weight is 644 g/mol. The standard InChI is InChI=1S/C48H37NO/c1-47(2)39-19-9-5-14-32(39)37-28-30(24-26-41(37)47)49(31-25-27-42-38(29-31)33-15-6-10-20-40(33)48(42,3)4)43-21-11-7-16-34(43)35-18-13-23-45-46(35)36-17-8-12-22-44(36)50-45/h5-29H,1-4H3. The summed E-state index contributed by atoms with van der Waals surface area (Å²) in [6.45, 7) is 9.39. The number of furan rings is 1. The van der Waals surface area contributed by atoms with Crippen LogP contribution in [0.5, 0.6) is 0 Å². The maximum Gasteiger partial charge on any atom is 0.136 e. The smallest absolute Gasteiger partial charge is 0.136 e. The molecule has 0 unspecified atom stereocenters. The molecule has 0 saturated heterocycles. The van der Waals surface area contributed by atoms with Crippen LogP contribution in [0.4, 0.5) is 17.1 Å². The van der Waals surface area contributed by atoms with E-state index in [0.29, 0.717) is 0 Å². The lowest BCUT2D eigenvalue weighted by Crippen LogP contribution is -2.16. The molecule has 7 aromatic carbocycles. The van der Waals surface area contributed by atoms with Crippen molar-refractivity contribution in [2.24, 2.45) is 0 Å². The van der Waals surface area contributed by atoms with E-state index in [-0.39, 0.29) is 10.8 Å². The van der Waals surface area contributed by atoms with Crippen LogP contribution in [0, 0.1) is 0 Å². The van der Waals surface area contributed by atoms with Crippen molar-refractivity contribution in [3.05, 3.63) is 174 Å². The summed E-state index contributed by atoms with van der Waals surface area (Å²) in [5, 5.41) is 2.27. The van der Waals surface area contributed by atoms with Crippen molar-refractivity contribution >= 4 is 39.0 Å². The minimum Gasteiger partial charge on any atom is -0.456 e. The SMILES string of the molecule is CC1(C)c2ccccc2-c2cc(N(c3ccc4c(c3)-c3ccccc3C4(C)C)c3ccccc3-c3cccc4oc5ccccc5c34)ccc21. The van der Waals surface area contributed by atoms with Crippen LogP contribution in [0.1, 0.15) is 49.9 Å². The number of hydrogen-bond donors (Lipinski definition) is 0. The monoisotopic (exact) mass is 643 g/mol. The van der Waals surface area contributed by atoms with Gasteiger partial charge in [0.05, 0.1) is 5.69 Å². The molecule has 2 nitrogen and oxygen atoms in total. The summed E-state index contributed by atoms with van der Waals surface area (Å²) in [7, 11) is 0. The highest BCUT2D eigenvalue weighted by Gasteiger charge is 2.37. The van der Waals surface area contributed by atoms with Crippen LogP contribution < -0.4 is 4.90 Å². The number of anilines is 3. The van der Waals surface area contributed by atoms with Crippen molar-refractivity contribution in [3.8, 4) is 33.4 Å². The molecule has 2 aliphatic rings. The van der Waals surface area contributed by atoms with Gasteiger partial charge in [-0.3, -0.25) is 0 Å². The first-order valence-electron chi connectivity index (χ1n) is 17.6. The molecule has 0 atom stereocenters. The highest BCUT2D eigenvalue weighted by molar-refractivity contribution is 6.14. The third kappa shape index (κ3) is 3.96. The van der Waals surface area contributed by atoms with Crippen molar-refractivity contribution in [1.29, 1.82) is 0 Å². The fraction of sp³-hybridized carbons (Fsp3) is 0.125. The van der Waals surface area contributed by atoms with Gasteiger partial charge < -0.3 is 9.32 Å². The highest BCUT2D eigenvalue weighted by Crippen LogP contribution is 2.54. The zero-order valence-electron chi connectivity index (χ0n) is 28.8. The minimum absolute atomic E-state index is 0.0615. The number of para-hydroxylation sites is 2. The molecule has 0 fully saturated rings. The normalized spacial score (nSPS) is 14.7. The number of rotatable bonds is 4. The Morgan fingerprint density at radius 1 is 0.400 bits per heavy atom. The molecule has 1 heterocycles. The van der Waals surface area contributed by atoms with Gasteiger partial charge in [0, 0.05) is 38.5 Å². The topological polar surface area (TPSA) is 16.4 Å². The Bertz CT molecular complexity index is 2560. The summed E-state index contributed by atoms with van der Waals surface area (Å²) in [4.78, 5) is 2.47. The molecule has 240 valence electrons. The summed E-state index contributed by atoms with van der Waals surface area (Å²) < 4.78 is 6.38. The quantitative estimate of drug-likeness (QED) is 0.190. The molecule has 50 heavy (non-hydrogen) atoms. The lowest BCUT2D eigenvalue weighted by atomic mass is 9.82. The van der Waals surface area contributed by atoms with E-state index in [0.717, 1.165) is 50.1 Å². The Balaban J connectivity index is 1.25. The van der Waals surface area contributed by atoms with Crippen LogP contribution in [0.25, 0.3) is 55.3 Å². The molecule has 10 rings (SSSR count). The third-order valence-electron chi connectivity index (χ3n) is 11.5. The Kier molecular flexibility index (Phi) is 6.01. The fourth-order valence-corrected chi connectivity index (χ4v) is 9.02. The lowest BCUT2D eigenvalue weighted by Gasteiger charge is -2.30. The average Bonchev–Trinajstić information content (AvgIpc) is 3.72. The van der Waals surface area contributed by atoms with Gasteiger partial charge in [0.1, 0.15) is 11.2 Å². The van der Waals surface area contributed by atoms with Gasteiger partial charge >= 0.3 is 0 Å². The van der Waals surface area contributed by atoms with E-state index < -0.39 is 0 Å². The Hall–Kier alpha value is -5.86. The van der Waals surface area contributed by atoms with Crippen LogP contribution in [-0.2, 0) is 10.8 Å². The van der Waals surface area contributed by atoms with Gasteiger partial charge in [0.15, 0.2) is 0 Å². The van der Waals surface area contributed by atoms with Crippen LogP contribution >= 0.6 is 0 Å². The van der Waals surface area contributed by atoms with E-state index >= 15 is 0 Å². The van der Waals surface area contributed by atoms with Gasteiger partial charge in [0.2, 0.25) is 0 Å². The molecular weight excluding hydrogens is 607 g/mol. The summed E-state index contributed by atoms with van der Waals surface area (Å²) in [5.74, 6) is 0. The van der Waals surface area contributed by atoms with Gasteiger partial charge in [-0.15, -0.1) is 0 Å². The lowest BCUT2D eigenvalue weighted by molar-refractivity contribution is 0.660. The molecule has 8 aromatic rings. The second kappa shape index (κ2) is 10.3. The van der Waals surface area contributed by atoms with Crippen LogP contribution in [-0.4, -0.2) is 0 Å². The molecule has 0 aliphatic heterocycles. The fourth-order valence-electron chi connectivity index (χ4n) is 9.02. The molecule has 0 amide bonds.